The molecular weight excluding hydrogens is 174 g/mol. The van der Waals surface area contributed by atoms with Crippen molar-refractivity contribution in [1.82, 2.24) is 14.6 Å². The van der Waals surface area contributed by atoms with E-state index in [4.69, 9.17) is 5.73 Å². The number of anilines is 1. The summed E-state index contributed by atoms with van der Waals surface area (Å²) in [6.45, 7) is 0. The van der Waals surface area contributed by atoms with Crippen molar-refractivity contribution in [3.05, 3.63) is 28.6 Å². The number of nitrogens with zero attached hydrogens (tertiary/aromatic N) is 4. The van der Waals surface area contributed by atoms with Gasteiger partial charge in [-0.3, -0.25) is 10.1 Å². The molecule has 0 aliphatic carbocycles. The summed E-state index contributed by atoms with van der Waals surface area (Å²) in [5.74, 6) is 0.318. The van der Waals surface area contributed by atoms with E-state index in [1.807, 2.05) is 0 Å². The minimum absolute atomic E-state index is 0.146. The predicted molar refractivity (Wildman–Crippen MR) is 44.1 cm³/mol. The first-order chi connectivity index (χ1) is 6.20. The molecule has 0 atom stereocenters. The van der Waals surface area contributed by atoms with Crippen LogP contribution in [0, 0.1) is 10.1 Å². The Balaban J connectivity index is 2.83. The largest absolute Gasteiger partial charge is 0.384 e. The van der Waals surface area contributed by atoms with Crippen molar-refractivity contribution in [2.45, 2.75) is 0 Å². The monoisotopic (exact) mass is 179 g/mol. The molecule has 0 radical (unpaired) electrons. The zero-order chi connectivity index (χ0) is 9.42. The lowest BCUT2D eigenvalue weighted by Crippen LogP contribution is -1.99. The molecule has 0 aromatic carbocycles. The molecule has 0 bridgehead atoms. The Labute approximate surface area is 72.0 Å². The van der Waals surface area contributed by atoms with Crippen LogP contribution in [0.3, 0.4) is 0 Å². The molecule has 0 aliphatic rings. The van der Waals surface area contributed by atoms with E-state index in [-0.39, 0.29) is 11.3 Å². The van der Waals surface area contributed by atoms with E-state index in [0.717, 1.165) is 6.20 Å². The van der Waals surface area contributed by atoms with E-state index in [1.54, 1.807) is 0 Å². The van der Waals surface area contributed by atoms with Crippen LogP contribution in [0.1, 0.15) is 0 Å². The molecule has 0 aliphatic heterocycles. The van der Waals surface area contributed by atoms with Gasteiger partial charge in [0.05, 0.1) is 4.92 Å². The summed E-state index contributed by atoms with van der Waals surface area (Å²) in [5, 5.41) is 14.2. The summed E-state index contributed by atoms with van der Waals surface area (Å²) in [6, 6.07) is 1.52. The van der Waals surface area contributed by atoms with E-state index in [0.29, 0.717) is 5.82 Å². The average Bonchev–Trinajstić information content (AvgIpc) is 2.48. The number of hydrogen-bond donors (Lipinski definition) is 1. The molecule has 2 aromatic rings. The molecule has 2 heterocycles. The Morgan fingerprint density at radius 2 is 2.38 bits per heavy atom. The van der Waals surface area contributed by atoms with Crippen LogP contribution in [-0.4, -0.2) is 19.5 Å². The van der Waals surface area contributed by atoms with Crippen molar-refractivity contribution >= 4 is 17.2 Å². The van der Waals surface area contributed by atoms with E-state index in [2.05, 4.69) is 10.1 Å². The maximum atomic E-state index is 10.5. The smallest absolute Gasteiger partial charge is 0.333 e. The van der Waals surface area contributed by atoms with Gasteiger partial charge >= 0.3 is 5.69 Å². The third-order valence-electron chi connectivity index (χ3n) is 1.61. The van der Waals surface area contributed by atoms with Crippen molar-refractivity contribution < 1.29 is 4.92 Å². The molecule has 0 saturated carbocycles. The second-order valence-corrected chi connectivity index (χ2v) is 2.39. The second-order valence-electron chi connectivity index (χ2n) is 2.39. The fourth-order valence-electron chi connectivity index (χ4n) is 1.03. The lowest BCUT2D eigenvalue weighted by molar-refractivity contribution is -0.383. The van der Waals surface area contributed by atoms with Gasteiger partial charge in [0.1, 0.15) is 12.0 Å². The predicted octanol–water partition coefficient (Wildman–Crippen LogP) is 0.220. The van der Waals surface area contributed by atoms with E-state index < -0.39 is 4.92 Å². The molecular formula is C6H5N5O2. The normalized spacial score (nSPS) is 10.5. The number of fused-ring (bicyclic) bond motifs is 1. The van der Waals surface area contributed by atoms with Gasteiger partial charge in [0, 0.05) is 6.20 Å². The zero-order valence-electron chi connectivity index (χ0n) is 6.41. The van der Waals surface area contributed by atoms with Gasteiger partial charge in [-0.2, -0.15) is 9.61 Å². The Hall–Kier alpha value is -2.18. The van der Waals surface area contributed by atoms with Crippen LogP contribution < -0.4 is 5.73 Å². The lowest BCUT2D eigenvalue weighted by Gasteiger charge is -1.94. The second kappa shape index (κ2) is 2.41. The Bertz CT molecular complexity index is 477. The van der Waals surface area contributed by atoms with Crippen molar-refractivity contribution in [2.24, 2.45) is 0 Å². The van der Waals surface area contributed by atoms with Gasteiger partial charge < -0.3 is 5.73 Å². The minimum atomic E-state index is -0.547. The number of nitrogens with two attached hydrogens (primary N) is 1. The molecule has 0 fully saturated rings. The Morgan fingerprint density at radius 1 is 1.62 bits per heavy atom. The van der Waals surface area contributed by atoms with Gasteiger partial charge in [0.15, 0.2) is 0 Å². The van der Waals surface area contributed by atoms with E-state index in [9.17, 15) is 10.1 Å². The number of nitrogen functional groups attached to an aromatic ring is 1. The summed E-state index contributed by atoms with van der Waals surface area (Å²) in [5.41, 5.74) is 5.52. The number of nitro groups is 1. The molecule has 0 spiro atoms. The molecule has 0 unspecified atom stereocenters. The first kappa shape index (κ1) is 7.47. The van der Waals surface area contributed by atoms with Gasteiger partial charge in [-0.1, -0.05) is 0 Å². The van der Waals surface area contributed by atoms with Gasteiger partial charge in [-0.05, 0) is 6.07 Å². The van der Waals surface area contributed by atoms with Crippen molar-refractivity contribution in [2.75, 3.05) is 5.73 Å². The molecule has 13 heavy (non-hydrogen) atoms. The Kier molecular flexibility index (Phi) is 1.38. The molecule has 0 amide bonds. The van der Waals surface area contributed by atoms with E-state index >= 15 is 0 Å². The highest BCUT2D eigenvalue weighted by atomic mass is 16.6. The van der Waals surface area contributed by atoms with Gasteiger partial charge in [0.25, 0.3) is 0 Å². The van der Waals surface area contributed by atoms with Crippen LogP contribution in [0.5, 0.6) is 0 Å². The fourth-order valence-corrected chi connectivity index (χ4v) is 1.03. The topological polar surface area (TPSA) is 99.3 Å². The Morgan fingerprint density at radius 3 is 3.08 bits per heavy atom. The number of hydrogen-bond acceptors (Lipinski definition) is 5. The standard InChI is InChI=1S/C6H5N5O2/c7-5-1-2-8-6-4(11(12)13)3-9-10(5)6/h1-3H,7H2. The SMILES string of the molecule is Nc1ccnc2c([N+](=O)[O-])cnn12. The zero-order valence-corrected chi connectivity index (χ0v) is 6.41. The minimum Gasteiger partial charge on any atom is -0.384 e. The van der Waals surface area contributed by atoms with E-state index in [1.165, 1.54) is 16.8 Å². The van der Waals surface area contributed by atoms with Crippen LogP contribution in [0.4, 0.5) is 11.5 Å². The fraction of sp³-hybridized carbons (Fsp3) is 0. The van der Waals surface area contributed by atoms with Gasteiger partial charge in [0.2, 0.25) is 5.65 Å². The summed E-state index contributed by atoms with van der Waals surface area (Å²) in [7, 11) is 0. The maximum absolute atomic E-state index is 10.5. The van der Waals surface area contributed by atoms with Gasteiger partial charge in [-0.25, -0.2) is 4.98 Å². The third kappa shape index (κ3) is 0.975. The van der Waals surface area contributed by atoms with Crippen LogP contribution >= 0.6 is 0 Å². The number of rotatable bonds is 1. The van der Waals surface area contributed by atoms with Crippen LogP contribution in [0.25, 0.3) is 5.65 Å². The summed E-state index contributed by atoms with van der Waals surface area (Å²) in [4.78, 5) is 13.7. The van der Waals surface area contributed by atoms with Crippen LogP contribution in [0.2, 0.25) is 0 Å². The quantitative estimate of drug-likeness (QED) is 0.498. The molecule has 7 heteroatoms. The summed E-state index contributed by atoms with van der Waals surface area (Å²) >= 11 is 0. The maximum Gasteiger partial charge on any atom is 0.333 e. The van der Waals surface area contributed by atoms with Gasteiger partial charge in [-0.15, -0.1) is 0 Å². The number of aromatic nitrogens is 3. The highest BCUT2D eigenvalue weighted by Gasteiger charge is 2.16. The van der Waals surface area contributed by atoms with Crippen molar-refractivity contribution in [1.29, 1.82) is 0 Å². The van der Waals surface area contributed by atoms with Crippen LogP contribution in [-0.2, 0) is 0 Å². The third-order valence-corrected chi connectivity index (χ3v) is 1.61. The van der Waals surface area contributed by atoms with Crippen molar-refractivity contribution in [3.8, 4) is 0 Å². The molecule has 0 saturated heterocycles. The summed E-state index contributed by atoms with van der Waals surface area (Å²) in [6.07, 6.45) is 2.53. The summed E-state index contributed by atoms with van der Waals surface area (Å²) < 4.78 is 1.22. The molecule has 7 nitrogen and oxygen atoms in total. The first-order valence-electron chi connectivity index (χ1n) is 3.43. The highest BCUT2D eigenvalue weighted by Crippen LogP contribution is 2.17. The molecule has 66 valence electrons. The van der Waals surface area contributed by atoms with Crippen molar-refractivity contribution in [3.63, 3.8) is 0 Å². The van der Waals surface area contributed by atoms with Crippen LogP contribution in [0.15, 0.2) is 18.5 Å². The molecule has 2 N–H and O–H groups in total. The molecule has 2 rings (SSSR count). The lowest BCUT2D eigenvalue weighted by atomic mass is 10.5. The molecule has 2 aromatic heterocycles. The highest BCUT2D eigenvalue weighted by molar-refractivity contribution is 5.60. The average molecular weight is 179 g/mol. The first-order valence-corrected chi connectivity index (χ1v) is 3.43.